The quantitative estimate of drug-likeness (QED) is 0.304. The number of ether oxygens (including phenoxy) is 2. The van der Waals surface area contributed by atoms with Crippen LogP contribution in [0.1, 0.15) is 15.9 Å². The number of fused-ring (bicyclic) bond motifs is 1. The summed E-state index contributed by atoms with van der Waals surface area (Å²) in [5.41, 5.74) is 4.51. The number of aromatic nitrogens is 1. The summed E-state index contributed by atoms with van der Waals surface area (Å²) in [6.45, 7) is 3.03. The molecule has 1 amide bonds. The second-order valence-corrected chi connectivity index (χ2v) is 8.89. The van der Waals surface area contributed by atoms with Gasteiger partial charge in [0.15, 0.2) is 0 Å². The van der Waals surface area contributed by atoms with E-state index in [1.807, 2.05) is 30.3 Å². The molecule has 0 unspecified atom stereocenters. The summed E-state index contributed by atoms with van der Waals surface area (Å²) in [6, 6.07) is 19.3. The predicted molar refractivity (Wildman–Crippen MR) is 129 cm³/mol. The van der Waals surface area contributed by atoms with Crippen LogP contribution in [0.25, 0.3) is 20.8 Å². The van der Waals surface area contributed by atoms with E-state index in [0.717, 1.165) is 26.2 Å². The lowest BCUT2D eigenvalue weighted by Gasteiger charge is -2.10. The average molecular weight is 497 g/mol. The van der Waals surface area contributed by atoms with Gasteiger partial charge >= 0.3 is 0 Å². The molecule has 1 heterocycles. The van der Waals surface area contributed by atoms with E-state index in [9.17, 15) is 4.79 Å². The predicted octanol–water partition coefficient (Wildman–Crippen LogP) is 6.31. The zero-order valence-electron chi connectivity index (χ0n) is 17.1. The molecule has 31 heavy (non-hydrogen) atoms. The first-order valence-electron chi connectivity index (χ1n) is 9.74. The zero-order chi connectivity index (χ0) is 21.8. The molecule has 0 atom stereocenters. The fraction of sp³-hybridized carbons (Fsp3) is 0.167. The van der Waals surface area contributed by atoms with E-state index in [1.54, 1.807) is 36.6 Å². The number of amides is 1. The molecule has 0 radical (unpaired) electrons. The van der Waals surface area contributed by atoms with Gasteiger partial charge in [0.25, 0.3) is 5.91 Å². The van der Waals surface area contributed by atoms with Crippen LogP contribution in [0.3, 0.4) is 0 Å². The topological polar surface area (TPSA) is 60.5 Å². The maximum Gasteiger partial charge on any atom is 0.255 e. The van der Waals surface area contributed by atoms with Gasteiger partial charge in [0.2, 0.25) is 0 Å². The largest absolute Gasteiger partial charge is 0.490 e. The van der Waals surface area contributed by atoms with Crippen LogP contribution in [0.15, 0.2) is 65.1 Å². The normalized spacial score (nSPS) is 10.9. The van der Waals surface area contributed by atoms with Gasteiger partial charge < -0.3 is 14.8 Å². The Morgan fingerprint density at radius 3 is 2.61 bits per heavy atom. The summed E-state index contributed by atoms with van der Waals surface area (Å²) in [7, 11) is 1.62. The van der Waals surface area contributed by atoms with Gasteiger partial charge in [-0.2, -0.15) is 0 Å². The van der Waals surface area contributed by atoms with Crippen molar-refractivity contribution in [1.82, 2.24) is 4.98 Å². The number of rotatable bonds is 7. The van der Waals surface area contributed by atoms with Crippen molar-refractivity contribution < 1.29 is 14.3 Å². The third-order valence-electron chi connectivity index (χ3n) is 4.67. The van der Waals surface area contributed by atoms with E-state index in [2.05, 4.69) is 40.3 Å². The van der Waals surface area contributed by atoms with E-state index in [1.165, 1.54) is 10.3 Å². The number of thiazole rings is 1. The van der Waals surface area contributed by atoms with E-state index >= 15 is 0 Å². The molecule has 3 aromatic carbocycles. The maximum atomic E-state index is 12.6. The molecule has 7 heteroatoms. The first-order chi connectivity index (χ1) is 15.0. The van der Waals surface area contributed by atoms with Crippen molar-refractivity contribution in [2.24, 2.45) is 0 Å². The van der Waals surface area contributed by atoms with Crippen LogP contribution >= 0.6 is 27.3 Å². The summed E-state index contributed by atoms with van der Waals surface area (Å²) in [5.74, 6) is 0.483. The van der Waals surface area contributed by atoms with E-state index in [-0.39, 0.29) is 5.91 Å². The number of anilines is 1. The Morgan fingerprint density at radius 2 is 1.87 bits per heavy atom. The summed E-state index contributed by atoms with van der Waals surface area (Å²) in [4.78, 5) is 17.4. The summed E-state index contributed by atoms with van der Waals surface area (Å²) in [5, 5.41) is 3.90. The molecular formula is C24H21BrN2O3S. The van der Waals surface area contributed by atoms with E-state index < -0.39 is 0 Å². The third-order valence-corrected chi connectivity index (χ3v) is 6.36. The molecule has 1 aromatic heterocycles. The van der Waals surface area contributed by atoms with Crippen LogP contribution < -0.4 is 10.1 Å². The highest BCUT2D eigenvalue weighted by Crippen LogP contribution is 2.31. The fourth-order valence-corrected chi connectivity index (χ4v) is 4.61. The minimum Gasteiger partial charge on any atom is -0.490 e. The van der Waals surface area contributed by atoms with Gasteiger partial charge in [-0.3, -0.25) is 4.79 Å². The van der Waals surface area contributed by atoms with Gasteiger partial charge in [-0.05, 0) is 83.0 Å². The van der Waals surface area contributed by atoms with E-state index in [0.29, 0.717) is 24.5 Å². The van der Waals surface area contributed by atoms with Crippen LogP contribution in [0.5, 0.6) is 5.75 Å². The van der Waals surface area contributed by atoms with Gasteiger partial charge in [-0.1, -0.05) is 6.07 Å². The molecule has 0 saturated carbocycles. The Bertz CT molecular complexity index is 1220. The minimum atomic E-state index is -0.188. The third kappa shape index (κ3) is 5.12. The zero-order valence-corrected chi connectivity index (χ0v) is 19.5. The summed E-state index contributed by atoms with van der Waals surface area (Å²) in [6.07, 6.45) is 0. The lowest BCUT2D eigenvalue weighted by Crippen LogP contribution is -2.12. The van der Waals surface area contributed by atoms with Gasteiger partial charge in [0, 0.05) is 23.9 Å². The van der Waals surface area contributed by atoms with Crippen molar-refractivity contribution in [3.8, 4) is 16.3 Å². The maximum absolute atomic E-state index is 12.6. The Hall–Kier alpha value is -2.74. The Kier molecular flexibility index (Phi) is 6.65. The number of methoxy groups -OCH3 is 1. The number of nitrogens with one attached hydrogen (secondary N) is 1. The first-order valence-corrected chi connectivity index (χ1v) is 11.3. The van der Waals surface area contributed by atoms with E-state index in [4.69, 9.17) is 14.5 Å². The van der Waals surface area contributed by atoms with Gasteiger partial charge in [0.05, 0.1) is 21.3 Å². The molecule has 1 N–H and O–H groups in total. The lowest BCUT2D eigenvalue weighted by atomic mass is 10.2. The first kappa shape index (κ1) is 21.5. The summed E-state index contributed by atoms with van der Waals surface area (Å²) < 4.78 is 12.5. The molecule has 0 fully saturated rings. The number of halogens is 1. The smallest absolute Gasteiger partial charge is 0.255 e. The van der Waals surface area contributed by atoms with Crippen molar-refractivity contribution in [3.63, 3.8) is 0 Å². The van der Waals surface area contributed by atoms with Gasteiger partial charge in [-0.25, -0.2) is 4.98 Å². The minimum absolute atomic E-state index is 0.188. The molecule has 0 saturated heterocycles. The number of nitrogens with zero attached hydrogens (tertiary/aromatic N) is 1. The molecule has 0 aliphatic rings. The summed E-state index contributed by atoms with van der Waals surface area (Å²) >= 11 is 5.12. The number of hydrogen-bond donors (Lipinski definition) is 1. The molecule has 158 valence electrons. The molecule has 4 aromatic rings. The Morgan fingerprint density at radius 1 is 1.06 bits per heavy atom. The SMILES string of the molecule is COCCOc1ccc(C(=O)Nc2ccc(-c3nc4ccc(C)cc4s3)cc2)cc1Br. The van der Waals surface area contributed by atoms with Crippen molar-refractivity contribution in [3.05, 3.63) is 76.3 Å². The molecule has 0 aliphatic carbocycles. The Labute approximate surface area is 193 Å². The number of aryl methyl sites for hydroxylation is 1. The second-order valence-electron chi connectivity index (χ2n) is 7.01. The molecule has 0 aliphatic heterocycles. The van der Waals surface area contributed by atoms with Crippen molar-refractivity contribution in [2.45, 2.75) is 6.92 Å². The highest BCUT2D eigenvalue weighted by atomic mass is 79.9. The molecule has 5 nitrogen and oxygen atoms in total. The average Bonchev–Trinajstić information content (AvgIpc) is 3.18. The molecule has 0 spiro atoms. The molecule has 0 bridgehead atoms. The van der Waals surface area contributed by atoms with Gasteiger partial charge in [0.1, 0.15) is 17.4 Å². The van der Waals surface area contributed by atoms with Crippen molar-refractivity contribution in [1.29, 1.82) is 0 Å². The van der Waals surface area contributed by atoms with Crippen molar-refractivity contribution in [2.75, 3.05) is 25.6 Å². The fourth-order valence-electron chi connectivity index (χ4n) is 3.05. The molecular weight excluding hydrogens is 476 g/mol. The van der Waals surface area contributed by atoms with Crippen LogP contribution in [-0.2, 0) is 4.74 Å². The standard InChI is InChI=1S/C24H21BrN2O3S/c1-15-3-9-20-22(13-15)31-24(27-20)16-4-7-18(8-5-16)26-23(28)17-6-10-21(19(25)14-17)30-12-11-29-2/h3-10,13-14H,11-12H2,1-2H3,(H,26,28). The monoisotopic (exact) mass is 496 g/mol. The highest BCUT2D eigenvalue weighted by Gasteiger charge is 2.11. The van der Waals surface area contributed by atoms with Crippen molar-refractivity contribution >= 4 is 49.1 Å². The second kappa shape index (κ2) is 9.60. The number of benzene rings is 3. The van der Waals surface area contributed by atoms with Crippen LogP contribution in [0, 0.1) is 6.92 Å². The highest BCUT2D eigenvalue weighted by molar-refractivity contribution is 9.10. The number of hydrogen-bond acceptors (Lipinski definition) is 5. The molecule has 4 rings (SSSR count). The van der Waals surface area contributed by atoms with Gasteiger partial charge in [-0.15, -0.1) is 11.3 Å². The lowest BCUT2D eigenvalue weighted by molar-refractivity contribution is 0.102. The number of carbonyl (C=O) groups excluding carboxylic acids is 1. The van der Waals surface area contributed by atoms with Crippen LogP contribution in [0.4, 0.5) is 5.69 Å². The number of carbonyl (C=O) groups is 1. The van der Waals surface area contributed by atoms with Crippen LogP contribution in [0.2, 0.25) is 0 Å². The Balaban J connectivity index is 1.44. The van der Waals surface area contributed by atoms with Crippen LogP contribution in [-0.4, -0.2) is 31.2 Å².